The topological polar surface area (TPSA) is 75.4 Å². The second kappa shape index (κ2) is 2.33. The van der Waals surface area contributed by atoms with Gasteiger partial charge in [0.05, 0.1) is 12.1 Å². The van der Waals surface area contributed by atoms with Gasteiger partial charge in [-0.15, -0.1) is 0 Å². The Morgan fingerprint density at radius 2 is 2.44 bits per heavy atom. The molecule has 4 N–H and O–H groups in total. The Labute approximate surface area is 53.0 Å². The maximum absolute atomic E-state index is 10.4. The van der Waals surface area contributed by atoms with Gasteiger partial charge in [0, 0.05) is 6.54 Å². The van der Waals surface area contributed by atoms with Crippen molar-refractivity contribution < 1.29 is 9.90 Å². The van der Waals surface area contributed by atoms with E-state index >= 15 is 0 Å². The Hall–Kier alpha value is -0.610. The summed E-state index contributed by atoms with van der Waals surface area (Å²) < 4.78 is 0. The Morgan fingerprint density at radius 1 is 1.78 bits per heavy atom. The fourth-order valence-electron chi connectivity index (χ4n) is 0.934. The number of hydrogen-bond donors (Lipinski definition) is 3. The quantitative estimate of drug-likeness (QED) is 0.392. The van der Waals surface area contributed by atoms with Gasteiger partial charge in [-0.2, -0.15) is 0 Å². The van der Waals surface area contributed by atoms with Crippen molar-refractivity contribution in [1.29, 1.82) is 0 Å². The molecule has 0 spiro atoms. The van der Waals surface area contributed by atoms with Crippen molar-refractivity contribution in [3.63, 3.8) is 0 Å². The number of nitrogens with two attached hydrogens (primary N) is 1. The molecule has 52 valence electrons. The van der Waals surface area contributed by atoms with Crippen molar-refractivity contribution in [3.8, 4) is 0 Å². The molecule has 1 heterocycles. The van der Waals surface area contributed by atoms with E-state index in [0.29, 0.717) is 13.0 Å². The van der Waals surface area contributed by atoms with Crippen LogP contribution in [0.5, 0.6) is 0 Å². The highest BCUT2D eigenvalue weighted by molar-refractivity contribution is 5.80. The fraction of sp³-hybridized carbons (Fsp3) is 0.800. The number of aliphatic hydroxyl groups is 1. The summed E-state index contributed by atoms with van der Waals surface area (Å²) in [6.45, 7) is 0.480. The minimum Gasteiger partial charge on any atom is -0.392 e. The summed E-state index contributed by atoms with van der Waals surface area (Å²) in [5, 5.41) is 11.7. The monoisotopic (exact) mass is 130 g/mol. The molecule has 0 unspecified atom stereocenters. The number of β-amino-alcohol motifs (C(OH)–C–C–N with tert-alkyl or cyclic N) is 1. The average Bonchev–Trinajstić information content (AvgIpc) is 2.14. The molecule has 0 aliphatic carbocycles. The van der Waals surface area contributed by atoms with E-state index in [4.69, 9.17) is 10.8 Å². The first-order chi connectivity index (χ1) is 4.20. The molecule has 0 aromatic heterocycles. The molecular formula is C5H10N2O2. The van der Waals surface area contributed by atoms with Crippen molar-refractivity contribution in [1.82, 2.24) is 5.32 Å². The first-order valence-electron chi connectivity index (χ1n) is 2.91. The summed E-state index contributed by atoms with van der Waals surface area (Å²) >= 11 is 0. The van der Waals surface area contributed by atoms with Crippen molar-refractivity contribution >= 4 is 5.91 Å². The van der Waals surface area contributed by atoms with Crippen LogP contribution in [0.15, 0.2) is 0 Å². The number of hydrogen-bond acceptors (Lipinski definition) is 3. The lowest BCUT2D eigenvalue weighted by molar-refractivity contribution is -0.119. The Kier molecular flexibility index (Phi) is 1.68. The van der Waals surface area contributed by atoms with E-state index in [1.165, 1.54) is 0 Å². The number of nitrogens with one attached hydrogen (secondary N) is 1. The van der Waals surface area contributed by atoms with Gasteiger partial charge in [0.15, 0.2) is 0 Å². The number of carbonyl (C=O) groups excluding carboxylic acids is 1. The third-order valence-corrected chi connectivity index (χ3v) is 1.45. The highest BCUT2D eigenvalue weighted by atomic mass is 16.3. The van der Waals surface area contributed by atoms with Gasteiger partial charge in [-0.3, -0.25) is 4.79 Å². The number of rotatable bonds is 1. The van der Waals surface area contributed by atoms with Gasteiger partial charge in [-0.25, -0.2) is 0 Å². The molecule has 0 aromatic rings. The fourth-order valence-corrected chi connectivity index (χ4v) is 0.934. The van der Waals surface area contributed by atoms with Crippen LogP contribution in [-0.2, 0) is 4.79 Å². The van der Waals surface area contributed by atoms with E-state index in [-0.39, 0.29) is 11.9 Å². The average molecular weight is 130 g/mol. The van der Waals surface area contributed by atoms with Crippen LogP contribution in [0.4, 0.5) is 0 Å². The Balaban J connectivity index is 2.39. The van der Waals surface area contributed by atoms with Crippen molar-refractivity contribution in [2.24, 2.45) is 5.73 Å². The van der Waals surface area contributed by atoms with Crippen LogP contribution in [0, 0.1) is 0 Å². The maximum Gasteiger partial charge on any atom is 0.234 e. The largest absolute Gasteiger partial charge is 0.392 e. The molecule has 4 heteroatoms. The van der Waals surface area contributed by atoms with E-state index < -0.39 is 6.10 Å². The summed E-state index contributed by atoms with van der Waals surface area (Å²) in [5.41, 5.74) is 4.95. The van der Waals surface area contributed by atoms with Crippen molar-refractivity contribution in [2.45, 2.75) is 18.6 Å². The third kappa shape index (κ3) is 1.40. The van der Waals surface area contributed by atoms with E-state index in [0.717, 1.165) is 0 Å². The molecule has 1 rings (SSSR count). The third-order valence-electron chi connectivity index (χ3n) is 1.45. The number of aliphatic hydroxyl groups excluding tert-OH is 1. The van der Waals surface area contributed by atoms with E-state index in [1.807, 2.05) is 0 Å². The molecule has 0 aromatic carbocycles. The molecule has 9 heavy (non-hydrogen) atoms. The highest BCUT2D eigenvalue weighted by Gasteiger charge is 2.25. The predicted molar refractivity (Wildman–Crippen MR) is 31.6 cm³/mol. The predicted octanol–water partition coefficient (Wildman–Crippen LogP) is -1.81. The van der Waals surface area contributed by atoms with Crippen molar-refractivity contribution in [3.05, 3.63) is 0 Å². The second-order valence-electron chi connectivity index (χ2n) is 2.25. The summed E-state index contributed by atoms with van der Waals surface area (Å²) in [7, 11) is 0. The first kappa shape index (κ1) is 6.51. The zero-order valence-electron chi connectivity index (χ0n) is 5.00. The van der Waals surface area contributed by atoms with Crippen LogP contribution in [0.2, 0.25) is 0 Å². The zero-order valence-corrected chi connectivity index (χ0v) is 5.00. The second-order valence-corrected chi connectivity index (χ2v) is 2.25. The van der Waals surface area contributed by atoms with Crippen LogP contribution in [0.1, 0.15) is 6.42 Å². The van der Waals surface area contributed by atoms with Gasteiger partial charge in [0.25, 0.3) is 0 Å². The summed E-state index contributed by atoms with van der Waals surface area (Å²) in [6.07, 6.45) is 0.0532. The molecular weight excluding hydrogens is 120 g/mol. The zero-order chi connectivity index (χ0) is 6.85. The molecule has 0 radical (unpaired) electrons. The first-order valence-corrected chi connectivity index (χ1v) is 2.91. The van der Waals surface area contributed by atoms with E-state index in [2.05, 4.69) is 5.32 Å². The SMILES string of the molecule is NC(=O)[C@H]1C[C@@H](O)CN1. The molecule has 1 fully saturated rings. The van der Waals surface area contributed by atoms with Gasteiger partial charge >= 0.3 is 0 Å². The van der Waals surface area contributed by atoms with Gasteiger partial charge in [0.2, 0.25) is 5.91 Å². The summed E-state index contributed by atoms with van der Waals surface area (Å²) in [6, 6.07) is -0.319. The van der Waals surface area contributed by atoms with Crippen LogP contribution in [0.3, 0.4) is 0 Å². The minimum absolute atomic E-state index is 0.319. The van der Waals surface area contributed by atoms with E-state index in [1.54, 1.807) is 0 Å². The summed E-state index contributed by atoms with van der Waals surface area (Å²) in [5.74, 6) is -0.383. The van der Waals surface area contributed by atoms with Gasteiger partial charge in [-0.05, 0) is 6.42 Å². The minimum atomic E-state index is -0.400. The molecule has 4 nitrogen and oxygen atoms in total. The smallest absolute Gasteiger partial charge is 0.234 e. The lowest BCUT2D eigenvalue weighted by atomic mass is 10.2. The van der Waals surface area contributed by atoms with Crippen LogP contribution >= 0.6 is 0 Å². The highest BCUT2D eigenvalue weighted by Crippen LogP contribution is 2.04. The Bertz CT molecular complexity index is 126. The van der Waals surface area contributed by atoms with Crippen LogP contribution in [-0.4, -0.2) is 29.7 Å². The van der Waals surface area contributed by atoms with Crippen LogP contribution < -0.4 is 11.1 Å². The standard InChI is InChI=1S/C5H10N2O2/c6-5(9)4-1-3(8)2-7-4/h3-4,7-8H,1-2H2,(H2,6,9)/t3-,4-/m1/s1. The number of amides is 1. The van der Waals surface area contributed by atoms with Gasteiger partial charge in [-0.1, -0.05) is 0 Å². The molecule has 1 amide bonds. The van der Waals surface area contributed by atoms with E-state index in [9.17, 15) is 4.79 Å². The van der Waals surface area contributed by atoms with Gasteiger partial charge < -0.3 is 16.2 Å². The lowest BCUT2D eigenvalue weighted by Crippen LogP contribution is -2.36. The molecule has 1 aliphatic rings. The van der Waals surface area contributed by atoms with Gasteiger partial charge in [0.1, 0.15) is 0 Å². The molecule has 1 saturated heterocycles. The molecule has 0 saturated carbocycles. The number of primary amides is 1. The molecule has 0 bridgehead atoms. The van der Waals surface area contributed by atoms with Crippen molar-refractivity contribution in [2.75, 3.05) is 6.54 Å². The normalized spacial score (nSPS) is 34.8. The maximum atomic E-state index is 10.4. The molecule has 1 aliphatic heterocycles. The lowest BCUT2D eigenvalue weighted by Gasteiger charge is -2.01. The molecule has 2 atom stereocenters. The number of carbonyl (C=O) groups is 1. The Morgan fingerprint density at radius 3 is 2.67 bits per heavy atom. The summed E-state index contributed by atoms with van der Waals surface area (Å²) in [4.78, 5) is 10.4. The van der Waals surface area contributed by atoms with Crippen LogP contribution in [0.25, 0.3) is 0 Å².